The Balaban J connectivity index is 2.57. The molecule has 2 N–H and O–H groups in total. The minimum absolute atomic E-state index is 0.0303. The molecule has 0 saturated heterocycles. The molecule has 0 aliphatic heterocycles. The van der Waals surface area contributed by atoms with Crippen molar-refractivity contribution >= 4 is 45.3 Å². The molecule has 1 heterocycles. The molecule has 2 aromatic rings. The fraction of sp³-hybridized carbons (Fsp3) is 0.421. The zero-order valence-electron chi connectivity index (χ0n) is 15.3. The Morgan fingerprint density at radius 3 is 2.50 bits per heavy atom. The molecule has 1 aromatic carbocycles. The summed E-state index contributed by atoms with van der Waals surface area (Å²) in [4.78, 5) is 28.2. The molecule has 5 nitrogen and oxygen atoms in total. The van der Waals surface area contributed by atoms with Crippen LogP contribution >= 0.6 is 23.1 Å². The quantitative estimate of drug-likeness (QED) is 0.519. The standard InChI is InChI=1S/C19H23NO4S2/c1-6-10-19(16(23)24,11(2)15(21)22)26-17-20-13-9-7-8-12(14(13)25-17)18(3,4)5/h6-9,11H,1,10H2,2-5H3,(H,21,22)(H,23,24). The highest BCUT2D eigenvalue weighted by Crippen LogP contribution is 2.46. The summed E-state index contributed by atoms with van der Waals surface area (Å²) in [5.74, 6) is -3.43. The van der Waals surface area contributed by atoms with E-state index in [0.717, 1.165) is 27.5 Å². The summed E-state index contributed by atoms with van der Waals surface area (Å²) in [6.45, 7) is 11.4. The first kappa shape index (κ1) is 20.5. The molecule has 0 aliphatic carbocycles. The molecule has 0 saturated carbocycles. The highest BCUT2D eigenvalue weighted by atomic mass is 32.2. The zero-order chi connectivity index (χ0) is 19.7. The van der Waals surface area contributed by atoms with E-state index in [2.05, 4.69) is 32.3 Å². The number of fused-ring (bicyclic) bond motifs is 1. The number of thioether (sulfide) groups is 1. The molecular weight excluding hydrogens is 370 g/mol. The van der Waals surface area contributed by atoms with Gasteiger partial charge in [-0.2, -0.15) is 0 Å². The van der Waals surface area contributed by atoms with E-state index in [9.17, 15) is 19.8 Å². The van der Waals surface area contributed by atoms with Gasteiger partial charge in [0.15, 0.2) is 4.34 Å². The van der Waals surface area contributed by atoms with Crippen LogP contribution in [-0.2, 0) is 15.0 Å². The molecule has 7 heteroatoms. The molecule has 26 heavy (non-hydrogen) atoms. The molecule has 0 fully saturated rings. The maximum absolute atomic E-state index is 12.0. The molecule has 2 rings (SSSR count). The SMILES string of the molecule is C=CCC(Sc1nc2cccc(C(C)(C)C)c2s1)(C(=O)O)C(C)C(=O)O. The van der Waals surface area contributed by atoms with Crippen molar-refractivity contribution in [2.24, 2.45) is 5.92 Å². The number of benzene rings is 1. The van der Waals surface area contributed by atoms with Gasteiger partial charge in [0.2, 0.25) is 0 Å². The van der Waals surface area contributed by atoms with Crippen molar-refractivity contribution in [3.05, 3.63) is 36.4 Å². The smallest absolute Gasteiger partial charge is 0.321 e. The van der Waals surface area contributed by atoms with E-state index in [-0.39, 0.29) is 11.8 Å². The van der Waals surface area contributed by atoms with Gasteiger partial charge in [-0.1, -0.05) is 50.7 Å². The summed E-state index contributed by atoms with van der Waals surface area (Å²) in [6, 6.07) is 5.87. The fourth-order valence-electron chi connectivity index (χ4n) is 2.76. The number of hydrogen-bond acceptors (Lipinski definition) is 5. The van der Waals surface area contributed by atoms with Gasteiger partial charge in [0.1, 0.15) is 4.75 Å². The highest BCUT2D eigenvalue weighted by Gasteiger charge is 2.48. The first-order valence-electron chi connectivity index (χ1n) is 8.19. The number of rotatable bonds is 7. The number of aliphatic carboxylic acids is 2. The second-order valence-electron chi connectivity index (χ2n) is 7.23. The number of carboxylic acids is 2. The Morgan fingerprint density at radius 2 is 2.00 bits per heavy atom. The normalized spacial score (nSPS) is 15.4. The number of carbonyl (C=O) groups is 2. The molecule has 0 aliphatic rings. The van der Waals surface area contributed by atoms with Crippen LogP contribution in [0.1, 0.15) is 39.7 Å². The van der Waals surface area contributed by atoms with Crippen molar-refractivity contribution in [1.82, 2.24) is 4.98 Å². The first-order chi connectivity index (χ1) is 12.0. The van der Waals surface area contributed by atoms with Crippen LogP contribution in [0.2, 0.25) is 0 Å². The summed E-state index contributed by atoms with van der Waals surface area (Å²) < 4.78 is 0.000940. The fourth-order valence-corrected chi connectivity index (χ4v) is 5.66. The van der Waals surface area contributed by atoms with E-state index in [1.165, 1.54) is 24.3 Å². The predicted octanol–water partition coefficient (Wildman–Crippen LogP) is 4.81. The van der Waals surface area contributed by atoms with E-state index in [1.807, 2.05) is 18.2 Å². The van der Waals surface area contributed by atoms with Crippen molar-refractivity contribution < 1.29 is 19.8 Å². The van der Waals surface area contributed by atoms with Gasteiger partial charge in [0, 0.05) is 0 Å². The molecule has 2 unspecified atom stereocenters. The average Bonchev–Trinajstić information content (AvgIpc) is 2.94. The Bertz CT molecular complexity index is 853. The van der Waals surface area contributed by atoms with Crippen molar-refractivity contribution in [3.63, 3.8) is 0 Å². The van der Waals surface area contributed by atoms with Crippen LogP contribution in [0.4, 0.5) is 0 Å². The average molecular weight is 394 g/mol. The van der Waals surface area contributed by atoms with Gasteiger partial charge in [0.25, 0.3) is 0 Å². The zero-order valence-corrected chi connectivity index (χ0v) is 16.9. The maximum Gasteiger partial charge on any atom is 0.321 e. The number of nitrogens with zero attached hydrogens (tertiary/aromatic N) is 1. The largest absolute Gasteiger partial charge is 0.481 e. The minimum Gasteiger partial charge on any atom is -0.481 e. The summed E-state index contributed by atoms with van der Waals surface area (Å²) in [6.07, 6.45) is 1.48. The van der Waals surface area contributed by atoms with Gasteiger partial charge < -0.3 is 10.2 Å². The number of aromatic nitrogens is 1. The minimum atomic E-state index is -1.55. The van der Waals surface area contributed by atoms with Crippen LogP contribution in [0.15, 0.2) is 35.2 Å². The van der Waals surface area contributed by atoms with Crippen molar-refractivity contribution in [1.29, 1.82) is 0 Å². The second kappa shape index (κ2) is 7.40. The number of allylic oxidation sites excluding steroid dienone is 1. The Morgan fingerprint density at radius 1 is 1.35 bits per heavy atom. The summed E-state index contributed by atoms with van der Waals surface area (Å²) in [5.41, 5.74) is 1.86. The monoisotopic (exact) mass is 393 g/mol. The van der Waals surface area contributed by atoms with Crippen LogP contribution in [0.25, 0.3) is 10.2 Å². The number of carboxylic acid groups (broad SMARTS) is 2. The van der Waals surface area contributed by atoms with Gasteiger partial charge in [0.05, 0.1) is 16.1 Å². The molecule has 0 amide bonds. The van der Waals surface area contributed by atoms with E-state index in [4.69, 9.17) is 0 Å². The third-order valence-electron chi connectivity index (χ3n) is 4.35. The molecule has 1 aromatic heterocycles. The molecular formula is C19H23NO4S2. The van der Waals surface area contributed by atoms with Crippen molar-refractivity contribution in [2.75, 3.05) is 0 Å². The number of hydrogen-bond donors (Lipinski definition) is 2. The first-order valence-corrected chi connectivity index (χ1v) is 9.82. The van der Waals surface area contributed by atoms with Gasteiger partial charge in [-0.25, -0.2) is 4.98 Å². The summed E-state index contributed by atoms with van der Waals surface area (Å²) in [7, 11) is 0. The van der Waals surface area contributed by atoms with Gasteiger partial charge in [-0.05, 0) is 30.4 Å². The molecule has 2 atom stereocenters. The summed E-state index contributed by atoms with van der Waals surface area (Å²) >= 11 is 2.42. The van der Waals surface area contributed by atoms with E-state index >= 15 is 0 Å². The second-order valence-corrected chi connectivity index (χ2v) is 9.81. The van der Waals surface area contributed by atoms with Crippen LogP contribution in [0, 0.1) is 5.92 Å². The van der Waals surface area contributed by atoms with E-state index < -0.39 is 22.6 Å². The molecule has 140 valence electrons. The van der Waals surface area contributed by atoms with Gasteiger partial charge in [-0.3, -0.25) is 9.59 Å². The summed E-state index contributed by atoms with van der Waals surface area (Å²) in [5, 5.41) is 19.3. The lowest BCUT2D eigenvalue weighted by atomic mass is 9.87. The lowest BCUT2D eigenvalue weighted by Gasteiger charge is -2.30. The van der Waals surface area contributed by atoms with Crippen molar-refractivity contribution in [2.45, 2.75) is 48.6 Å². The number of thiazole rings is 1. The Labute approximate surface area is 161 Å². The van der Waals surface area contributed by atoms with Gasteiger partial charge in [-0.15, -0.1) is 17.9 Å². The predicted molar refractivity (Wildman–Crippen MR) is 106 cm³/mol. The lowest BCUT2D eigenvalue weighted by molar-refractivity contribution is -0.150. The molecule has 0 bridgehead atoms. The molecule has 0 spiro atoms. The van der Waals surface area contributed by atoms with Crippen LogP contribution in [0.3, 0.4) is 0 Å². The third kappa shape index (κ3) is 3.78. The maximum atomic E-state index is 12.0. The Kier molecular flexibility index (Phi) is 5.82. The Hall–Kier alpha value is -1.86. The topological polar surface area (TPSA) is 87.5 Å². The van der Waals surface area contributed by atoms with Crippen LogP contribution < -0.4 is 0 Å². The van der Waals surface area contributed by atoms with Crippen molar-refractivity contribution in [3.8, 4) is 0 Å². The highest BCUT2D eigenvalue weighted by molar-refractivity contribution is 8.03. The van der Waals surface area contributed by atoms with Crippen LogP contribution in [-0.4, -0.2) is 31.9 Å². The van der Waals surface area contributed by atoms with Gasteiger partial charge >= 0.3 is 11.9 Å². The third-order valence-corrected chi connectivity index (χ3v) is 7.08. The van der Waals surface area contributed by atoms with E-state index in [1.54, 1.807) is 0 Å². The molecule has 0 radical (unpaired) electrons. The van der Waals surface area contributed by atoms with Crippen LogP contribution in [0.5, 0.6) is 0 Å². The lowest BCUT2D eigenvalue weighted by Crippen LogP contribution is -2.44. The van der Waals surface area contributed by atoms with E-state index in [0.29, 0.717) is 4.34 Å².